The highest BCUT2D eigenvalue weighted by molar-refractivity contribution is 6.11. The fraction of sp³-hybridized carbons (Fsp3) is 0. The van der Waals surface area contributed by atoms with Gasteiger partial charge in [-0.1, -0.05) is 30.3 Å². The second kappa shape index (κ2) is 5.96. The van der Waals surface area contributed by atoms with Gasteiger partial charge in [0.2, 0.25) is 0 Å². The number of anilines is 1. The summed E-state index contributed by atoms with van der Waals surface area (Å²) in [5.74, 6) is -2.21. The van der Waals surface area contributed by atoms with Crippen LogP contribution in [0.4, 0.5) is 14.5 Å². The van der Waals surface area contributed by atoms with Crippen LogP contribution in [0.25, 0.3) is 10.8 Å². The van der Waals surface area contributed by atoms with Crippen LogP contribution < -0.4 is 5.32 Å². The summed E-state index contributed by atoms with van der Waals surface area (Å²) in [7, 11) is 0. The second-order valence-corrected chi connectivity index (χ2v) is 5.00. The Balaban J connectivity index is 2.01. The van der Waals surface area contributed by atoms with Crippen molar-refractivity contribution in [3.8, 4) is 0 Å². The molecule has 3 aromatic carbocycles. The van der Waals surface area contributed by atoms with E-state index >= 15 is 0 Å². The van der Waals surface area contributed by atoms with Crippen LogP contribution in [0, 0.1) is 17.0 Å². The first-order chi connectivity index (χ1) is 11.1. The minimum Gasteiger partial charge on any atom is -0.321 e. The zero-order valence-electron chi connectivity index (χ0n) is 11.9. The molecule has 3 rings (SSSR count). The van der Waals surface area contributed by atoms with Gasteiger partial charge in [-0.15, -0.1) is 0 Å². The number of nitrogens with one attached hydrogen (secondary N) is 2. The Kier molecular flexibility index (Phi) is 3.85. The summed E-state index contributed by atoms with van der Waals surface area (Å²) < 4.78 is 26.5. The van der Waals surface area contributed by atoms with Gasteiger partial charge in [0.05, 0.1) is 0 Å². The van der Waals surface area contributed by atoms with Crippen molar-refractivity contribution in [2.24, 2.45) is 0 Å². The lowest BCUT2D eigenvalue weighted by molar-refractivity contribution is 0.102. The van der Waals surface area contributed by atoms with Crippen molar-refractivity contribution < 1.29 is 13.6 Å². The maximum absolute atomic E-state index is 13.2. The van der Waals surface area contributed by atoms with Crippen molar-refractivity contribution in [1.82, 2.24) is 0 Å². The monoisotopic (exact) mass is 310 g/mol. The van der Waals surface area contributed by atoms with E-state index in [1.165, 1.54) is 6.21 Å². The number of hydrogen-bond acceptors (Lipinski definition) is 2. The lowest BCUT2D eigenvalue weighted by atomic mass is 10.0. The largest absolute Gasteiger partial charge is 0.321 e. The van der Waals surface area contributed by atoms with Crippen LogP contribution in [-0.2, 0) is 0 Å². The lowest BCUT2D eigenvalue weighted by Crippen LogP contribution is -2.13. The third-order valence-corrected chi connectivity index (χ3v) is 3.49. The van der Waals surface area contributed by atoms with Crippen LogP contribution in [0.1, 0.15) is 15.9 Å². The van der Waals surface area contributed by atoms with Gasteiger partial charge in [-0.05, 0) is 29.1 Å². The molecule has 114 valence electrons. The van der Waals surface area contributed by atoms with Gasteiger partial charge in [0, 0.05) is 28.9 Å². The summed E-state index contributed by atoms with van der Waals surface area (Å²) in [5.41, 5.74) is 1.14. The molecule has 0 heterocycles. The van der Waals surface area contributed by atoms with Crippen LogP contribution in [0.5, 0.6) is 0 Å². The molecule has 0 aromatic heterocycles. The van der Waals surface area contributed by atoms with E-state index in [9.17, 15) is 13.6 Å². The molecule has 0 unspecified atom stereocenters. The first-order valence-electron chi connectivity index (χ1n) is 6.88. The third kappa shape index (κ3) is 2.94. The maximum atomic E-state index is 13.2. The molecule has 0 saturated carbocycles. The first kappa shape index (κ1) is 14.8. The topological polar surface area (TPSA) is 53.0 Å². The molecule has 3 nitrogen and oxygen atoms in total. The molecule has 0 atom stereocenters. The highest BCUT2D eigenvalue weighted by Crippen LogP contribution is 2.26. The first-order valence-corrected chi connectivity index (χ1v) is 6.88. The average molecular weight is 310 g/mol. The number of hydrogen-bond donors (Lipinski definition) is 2. The molecule has 5 heteroatoms. The number of halogens is 2. The molecule has 3 aromatic rings. The van der Waals surface area contributed by atoms with Crippen LogP contribution in [0.3, 0.4) is 0 Å². The molecule has 0 aliphatic carbocycles. The van der Waals surface area contributed by atoms with Crippen LogP contribution in [-0.4, -0.2) is 12.1 Å². The predicted octanol–water partition coefficient (Wildman–Crippen LogP) is 4.37. The molecule has 0 fully saturated rings. The van der Waals surface area contributed by atoms with E-state index in [-0.39, 0.29) is 5.56 Å². The van der Waals surface area contributed by atoms with Gasteiger partial charge in [0.25, 0.3) is 5.91 Å². The van der Waals surface area contributed by atoms with Crippen molar-refractivity contribution in [1.29, 1.82) is 5.41 Å². The summed E-state index contributed by atoms with van der Waals surface area (Å²) in [6, 6.07) is 13.3. The molecule has 0 saturated heterocycles. The Morgan fingerprint density at radius 3 is 2.26 bits per heavy atom. The molecule has 0 aliphatic rings. The van der Waals surface area contributed by atoms with Gasteiger partial charge in [-0.2, -0.15) is 0 Å². The van der Waals surface area contributed by atoms with Gasteiger partial charge in [-0.25, -0.2) is 8.78 Å². The predicted molar refractivity (Wildman–Crippen MR) is 86.1 cm³/mol. The average Bonchev–Trinajstić information content (AvgIpc) is 2.54. The SMILES string of the molecule is N=Cc1ccc(NC(=O)c2cc(F)cc(F)c2)c2ccccc12. The number of rotatable bonds is 3. The minimum atomic E-state index is -0.806. The van der Waals surface area contributed by atoms with E-state index in [1.807, 2.05) is 24.3 Å². The fourth-order valence-electron chi connectivity index (χ4n) is 2.44. The van der Waals surface area contributed by atoms with Crippen LogP contribution >= 0.6 is 0 Å². The highest BCUT2D eigenvalue weighted by atomic mass is 19.1. The molecular weight excluding hydrogens is 298 g/mol. The summed E-state index contributed by atoms with van der Waals surface area (Å²) >= 11 is 0. The normalized spacial score (nSPS) is 10.5. The zero-order chi connectivity index (χ0) is 16.4. The molecule has 0 spiro atoms. The van der Waals surface area contributed by atoms with Gasteiger partial charge in [0.1, 0.15) is 11.6 Å². The highest BCUT2D eigenvalue weighted by Gasteiger charge is 2.12. The fourth-order valence-corrected chi connectivity index (χ4v) is 2.44. The number of carbonyl (C=O) groups excluding carboxylic acids is 1. The number of carbonyl (C=O) groups is 1. The van der Waals surface area contributed by atoms with E-state index in [0.29, 0.717) is 11.8 Å². The molecule has 0 bridgehead atoms. The Hall–Kier alpha value is -3.08. The number of fused-ring (bicyclic) bond motifs is 1. The molecule has 0 aliphatic heterocycles. The van der Waals surface area contributed by atoms with E-state index in [1.54, 1.807) is 12.1 Å². The van der Waals surface area contributed by atoms with Crippen molar-refractivity contribution in [2.75, 3.05) is 5.32 Å². The molecule has 1 amide bonds. The van der Waals surface area contributed by atoms with Crippen molar-refractivity contribution in [3.63, 3.8) is 0 Å². The van der Waals surface area contributed by atoms with Crippen molar-refractivity contribution in [3.05, 3.63) is 77.4 Å². The Labute approximate surface area is 131 Å². The van der Waals surface area contributed by atoms with Gasteiger partial charge in [-0.3, -0.25) is 4.79 Å². The van der Waals surface area contributed by atoms with E-state index < -0.39 is 17.5 Å². The van der Waals surface area contributed by atoms with E-state index in [0.717, 1.165) is 28.5 Å². The summed E-state index contributed by atoms with van der Waals surface area (Å²) in [6.45, 7) is 0. The summed E-state index contributed by atoms with van der Waals surface area (Å²) in [6.07, 6.45) is 1.23. The Morgan fingerprint density at radius 2 is 1.61 bits per heavy atom. The van der Waals surface area contributed by atoms with Gasteiger partial charge >= 0.3 is 0 Å². The summed E-state index contributed by atoms with van der Waals surface area (Å²) in [5, 5.41) is 11.6. The minimum absolute atomic E-state index is 0.0947. The van der Waals surface area contributed by atoms with Crippen LogP contribution in [0.15, 0.2) is 54.6 Å². The van der Waals surface area contributed by atoms with E-state index in [4.69, 9.17) is 5.41 Å². The van der Waals surface area contributed by atoms with Crippen LogP contribution in [0.2, 0.25) is 0 Å². The molecule has 2 N–H and O–H groups in total. The van der Waals surface area contributed by atoms with Crippen molar-refractivity contribution >= 4 is 28.6 Å². The Bertz CT molecular complexity index is 902. The van der Waals surface area contributed by atoms with Gasteiger partial charge in [0.15, 0.2) is 0 Å². The number of benzene rings is 3. The smallest absolute Gasteiger partial charge is 0.255 e. The molecular formula is C18H12F2N2O. The molecule has 0 radical (unpaired) electrons. The second-order valence-electron chi connectivity index (χ2n) is 5.00. The maximum Gasteiger partial charge on any atom is 0.255 e. The quantitative estimate of drug-likeness (QED) is 0.694. The Morgan fingerprint density at radius 1 is 0.957 bits per heavy atom. The standard InChI is InChI=1S/C18H12F2N2O/c19-13-7-12(8-14(20)9-13)18(23)22-17-6-5-11(10-21)15-3-1-2-4-16(15)17/h1-10,21H,(H,22,23). The van der Waals surface area contributed by atoms with Crippen molar-refractivity contribution in [2.45, 2.75) is 0 Å². The summed E-state index contributed by atoms with van der Waals surface area (Å²) in [4.78, 5) is 12.2. The van der Waals surface area contributed by atoms with Gasteiger partial charge < -0.3 is 10.7 Å². The lowest BCUT2D eigenvalue weighted by Gasteiger charge is -2.11. The third-order valence-electron chi connectivity index (χ3n) is 3.49. The number of amides is 1. The zero-order valence-corrected chi connectivity index (χ0v) is 11.9. The van der Waals surface area contributed by atoms with E-state index in [2.05, 4.69) is 5.32 Å². The molecule has 23 heavy (non-hydrogen) atoms.